The van der Waals surface area contributed by atoms with Gasteiger partial charge in [-0.05, 0) is 118 Å². The minimum Gasteiger partial charge on any atom is -0.390 e. The zero-order valence-electron chi connectivity index (χ0n) is 21.5. The summed E-state index contributed by atoms with van der Waals surface area (Å²) in [6.07, 6.45) is 11.1. The SMILES string of the molecule is CC(=O)c1ccc(C#CCO[C@H]2CC[C@H]3[C@@H]4CC[C@H]5C[C@](C)(O)CC[C@]5(C)[C@H]4CC[C@]23C)cc1. The van der Waals surface area contributed by atoms with Gasteiger partial charge in [-0.15, -0.1) is 0 Å². The van der Waals surface area contributed by atoms with Gasteiger partial charge in [0.05, 0.1) is 11.7 Å². The number of carbonyl (C=O) groups excluding carboxylic acids is 1. The predicted octanol–water partition coefficient (Wildman–Crippen LogP) is 6.42. The zero-order chi connectivity index (χ0) is 24.1. The van der Waals surface area contributed by atoms with Gasteiger partial charge in [0.2, 0.25) is 0 Å². The molecule has 0 bridgehead atoms. The number of Topliss-reactive ketones (excluding diaryl/α,β-unsaturated/α-hetero) is 1. The molecule has 4 saturated carbocycles. The van der Waals surface area contributed by atoms with Crippen LogP contribution in [-0.4, -0.2) is 29.2 Å². The van der Waals surface area contributed by atoms with Gasteiger partial charge in [0.1, 0.15) is 6.61 Å². The fourth-order valence-electron chi connectivity index (χ4n) is 8.73. The van der Waals surface area contributed by atoms with E-state index in [4.69, 9.17) is 4.74 Å². The average Bonchev–Trinajstić information content (AvgIpc) is 3.13. The molecular formula is C31H42O3. The van der Waals surface area contributed by atoms with Crippen molar-refractivity contribution in [1.82, 2.24) is 0 Å². The molecule has 1 aromatic carbocycles. The second kappa shape index (κ2) is 8.79. The highest BCUT2D eigenvalue weighted by Gasteiger charge is 2.61. The Morgan fingerprint density at radius 1 is 0.971 bits per heavy atom. The van der Waals surface area contributed by atoms with Crippen LogP contribution in [0.2, 0.25) is 0 Å². The van der Waals surface area contributed by atoms with Crippen LogP contribution in [0.15, 0.2) is 24.3 Å². The number of rotatable bonds is 3. The Kier molecular flexibility index (Phi) is 6.23. The van der Waals surface area contributed by atoms with Gasteiger partial charge in [0, 0.05) is 11.1 Å². The maximum Gasteiger partial charge on any atom is 0.159 e. The summed E-state index contributed by atoms with van der Waals surface area (Å²) >= 11 is 0. The second-order valence-electron chi connectivity index (χ2n) is 12.7. The first-order valence-corrected chi connectivity index (χ1v) is 13.6. The summed E-state index contributed by atoms with van der Waals surface area (Å²) in [7, 11) is 0. The third kappa shape index (κ3) is 4.16. The number of aliphatic hydroxyl groups is 1. The molecule has 4 aliphatic carbocycles. The van der Waals surface area contributed by atoms with Crippen molar-refractivity contribution in [2.45, 2.75) is 97.2 Å². The molecule has 1 aromatic rings. The number of hydrogen-bond donors (Lipinski definition) is 1. The number of ketones is 1. The fourth-order valence-corrected chi connectivity index (χ4v) is 8.73. The van der Waals surface area contributed by atoms with Crippen LogP contribution in [0.25, 0.3) is 0 Å². The molecule has 34 heavy (non-hydrogen) atoms. The third-order valence-electron chi connectivity index (χ3n) is 10.7. The van der Waals surface area contributed by atoms with E-state index in [1.807, 2.05) is 24.3 Å². The zero-order valence-corrected chi connectivity index (χ0v) is 21.5. The first kappa shape index (κ1) is 24.1. The van der Waals surface area contributed by atoms with E-state index in [9.17, 15) is 9.90 Å². The average molecular weight is 463 g/mol. The highest BCUT2D eigenvalue weighted by molar-refractivity contribution is 5.94. The molecule has 4 aliphatic rings. The summed E-state index contributed by atoms with van der Waals surface area (Å²) in [5.74, 6) is 9.60. The van der Waals surface area contributed by atoms with Gasteiger partial charge in [-0.25, -0.2) is 0 Å². The minimum absolute atomic E-state index is 0.0828. The molecule has 3 heteroatoms. The Morgan fingerprint density at radius 2 is 1.71 bits per heavy atom. The maximum absolute atomic E-state index is 11.4. The molecule has 0 radical (unpaired) electrons. The summed E-state index contributed by atoms with van der Waals surface area (Å²) < 4.78 is 6.44. The lowest BCUT2D eigenvalue weighted by Crippen LogP contribution is -2.56. The van der Waals surface area contributed by atoms with E-state index < -0.39 is 5.60 Å². The Labute approximate surface area is 206 Å². The van der Waals surface area contributed by atoms with E-state index in [2.05, 4.69) is 32.6 Å². The van der Waals surface area contributed by atoms with Crippen molar-refractivity contribution in [2.24, 2.45) is 34.5 Å². The van der Waals surface area contributed by atoms with Gasteiger partial charge in [-0.2, -0.15) is 0 Å². The van der Waals surface area contributed by atoms with E-state index in [0.717, 1.165) is 48.1 Å². The van der Waals surface area contributed by atoms with Gasteiger partial charge in [-0.3, -0.25) is 4.79 Å². The van der Waals surface area contributed by atoms with Crippen LogP contribution < -0.4 is 0 Å². The first-order valence-electron chi connectivity index (χ1n) is 13.6. The molecule has 0 spiro atoms. The van der Waals surface area contributed by atoms with Gasteiger partial charge in [0.15, 0.2) is 5.78 Å². The van der Waals surface area contributed by atoms with Gasteiger partial charge in [0.25, 0.3) is 0 Å². The Hall–Kier alpha value is -1.63. The standard InChI is InChI=1S/C31H42O3/c1-21(32)23-9-7-22(8-10-23)6-5-19-34-28-14-13-26-25-12-11-24-20-29(2,33)17-18-30(24,3)27(25)15-16-31(26,28)4/h7-10,24-28,33H,11-20H2,1-4H3/t24-,25-,26-,27-,28-,29+,30-,31-/m0/s1. The van der Waals surface area contributed by atoms with Crippen molar-refractivity contribution in [1.29, 1.82) is 0 Å². The van der Waals surface area contributed by atoms with Crippen LogP contribution in [0.3, 0.4) is 0 Å². The number of ether oxygens (including phenoxy) is 1. The van der Waals surface area contributed by atoms with Crippen LogP contribution in [-0.2, 0) is 4.74 Å². The normalized spacial score (nSPS) is 43.1. The Morgan fingerprint density at radius 3 is 2.44 bits per heavy atom. The van der Waals surface area contributed by atoms with Crippen molar-refractivity contribution >= 4 is 5.78 Å². The van der Waals surface area contributed by atoms with Gasteiger partial charge in [-0.1, -0.05) is 37.8 Å². The summed E-state index contributed by atoms with van der Waals surface area (Å²) in [5.41, 5.74) is 1.89. The molecule has 0 heterocycles. The Balaban J connectivity index is 1.22. The molecule has 4 fully saturated rings. The Bertz CT molecular complexity index is 982. The van der Waals surface area contributed by atoms with Crippen LogP contribution in [0, 0.1) is 46.3 Å². The highest BCUT2D eigenvalue weighted by Crippen LogP contribution is 2.67. The quantitative estimate of drug-likeness (QED) is 0.416. The molecule has 0 aliphatic heterocycles. The van der Waals surface area contributed by atoms with Crippen molar-refractivity contribution < 1.29 is 14.6 Å². The molecule has 0 saturated heterocycles. The summed E-state index contributed by atoms with van der Waals surface area (Å²) in [6, 6.07) is 7.52. The smallest absolute Gasteiger partial charge is 0.159 e. The molecule has 0 unspecified atom stereocenters. The second-order valence-corrected chi connectivity index (χ2v) is 12.7. The number of benzene rings is 1. The molecule has 3 nitrogen and oxygen atoms in total. The first-order chi connectivity index (χ1) is 16.1. The largest absolute Gasteiger partial charge is 0.390 e. The fraction of sp³-hybridized carbons (Fsp3) is 0.710. The molecule has 184 valence electrons. The molecule has 5 rings (SSSR count). The number of hydrogen-bond acceptors (Lipinski definition) is 3. The molecular weight excluding hydrogens is 420 g/mol. The van der Waals surface area contributed by atoms with Crippen molar-refractivity contribution in [3.05, 3.63) is 35.4 Å². The number of fused-ring (bicyclic) bond motifs is 5. The molecule has 1 N–H and O–H groups in total. The van der Waals surface area contributed by atoms with Crippen LogP contribution in [0.5, 0.6) is 0 Å². The van der Waals surface area contributed by atoms with E-state index >= 15 is 0 Å². The van der Waals surface area contributed by atoms with Crippen LogP contribution in [0.4, 0.5) is 0 Å². The lowest BCUT2D eigenvalue weighted by atomic mass is 9.44. The van der Waals surface area contributed by atoms with Crippen LogP contribution in [0.1, 0.15) is 101 Å². The third-order valence-corrected chi connectivity index (χ3v) is 10.7. The summed E-state index contributed by atoms with van der Waals surface area (Å²) in [4.78, 5) is 11.4. The van der Waals surface area contributed by atoms with Crippen molar-refractivity contribution in [3.63, 3.8) is 0 Å². The number of carbonyl (C=O) groups is 1. The summed E-state index contributed by atoms with van der Waals surface area (Å²) in [5, 5.41) is 10.7. The molecule has 8 atom stereocenters. The molecule has 0 aromatic heterocycles. The van der Waals surface area contributed by atoms with E-state index in [1.165, 1.54) is 38.5 Å². The summed E-state index contributed by atoms with van der Waals surface area (Å²) in [6.45, 7) is 9.18. The van der Waals surface area contributed by atoms with Crippen LogP contribution >= 0.6 is 0 Å². The van der Waals surface area contributed by atoms with Gasteiger partial charge >= 0.3 is 0 Å². The van der Waals surface area contributed by atoms with Gasteiger partial charge < -0.3 is 9.84 Å². The van der Waals surface area contributed by atoms with E-state index in [1.54, 1.807) is 6.92 Å². The van der Waals surface area contributed by atoms with E-state index in [0.29, 0.717) is 24.0 Å². The highest BCUT2D eigenvalue weighted by atomic mass is 16.5. The van der Waals surface area contributed by atoms with Crippen molar-refractivity contribution in [3.8, 4) is 11.8 Å². The maximum atomic E-state index is 11.4. The lowest BCUT2D eigenvalue weighted by Gasteiger charge is -2.61. The predicted molar refractivity (Wildman–Crippen MR) is 135 cm³/mol. The molecule has 0 amide bonds. The topological polar surface area (TPSA) is 46.5 Å². The van der Waals surface area contributed by atoms with Crippen molar-refractivity contribution in [2.75, 3.05) is 6.61 Å². The minimum atomic E-state index is -0.455. The monoisotopic (exact) mass is 462 g/mol. The lowest BCUT2D eigenvalue weighted by molar-refractivity contribution is -0.154. The van der Waals surface area contributed by atoms with E-state index in [-0.39, 0.29) is 11.2 Å².